The van der Waals surface area contributed by atoms with Crippen molar-refractivity contribution in [3.8, 4) is 78.6 Å². The van der Waals surface area contributed by atoms with Crippen molar-refractivity contribution in [1.29, 1.82) is 0 Å². The van der Waals surface area contributed by atoms with Gasteiger partial charge in [0.25, 0.3) is 0 Å². The van der Waals surface area contributed by atoms with E-state index in [0.717, 1.165) is 83.6 Å². The first-order chi connectivity index (χ1) is 33.4. The van der Waals surface area contributed by atoms with Crippen LogP contribution < -0.4 is 0 Å². The van der Waals surface area contributed by atoms with Gasteiger partial charge in [-0.15, -0.1) is 17.7 Å². The first-order valence-electron chi connectivity index (χ1n) is 25.3. The van der Waals surface area contributed by atoms with Gasteiger partial charge in [0, 0.05) is 53.6 Å². The smallest absolute Gasteiger partial charge is 0.148 e. The molecule has 5 heteroatoms. The standard InChI is InChI=1S/C64H62N3O.Pt/c1-39-25-27-40(28-26-39)42-31-32-65-54(35-42)43-33-49(57-47-21-16-17-23-51(47)64(11,12)52(57)34-43)46-22-18-24-56-58(46)66-60(50-37-45(62(5,6)7)38-53(59(50)68)63(8,9)10)67(56)55-30-29-44(61(2,3)4)36-48(55)41-19-14-13-15-20-41;/h13-32,34-38,68H,1-12H3;/q-1;/i1D3;. The maximum Gasteiger partial charge on any atom is 0.148 e. The van der Waals surface area contributed by atoms with E-state index in [1.807, 2.05) is 24.4 Å². The summed E-state index contributed by atoms with van der Waals surface area (Å²) < 4.78 is 26.0. The summed E-state index contributed by atoms with van der Waals surface area (Å²) in [7, 11) is 0. The quantitative estimate of drug-likeness (QED) is 0.169. The van der Waals surface area contributed by atoms with E-state index in [-0.39, 0.29) is 48.5 Å². The average molecular weight is 1090 g/mol. The number of aromatic nitrogens is 3. The number of fused-ring (bicyclic) bond motifs is 4. The number of rotatable bonds is 6. The van der Waals surface area contributed by atoms with Crippen LogP contribution in [0.2, 0.25) is 0 Å². The van der Waals surface area contributed by atoms with Crippen LogP contribution in [0, 0.1) is 12.9 Å². The van der Waals surface area contributed by atoms with Gasteiger partial charge >= 0.3 is 0 Å². The Kier molecular flexibility index (Phi) is 11.0. The molecule has 0 atom stereocenters. The van der Waals surface area contributed by atoms with Gasteiger partial charge in [-0.3, -0.25) is 9.55 Å². The van der Waals surface area contributed by atoms with Crippen LogP contribution in [0.4, 0.5) is 0 Å². The molecule has 1 aliphatic rings. The molecule has 7 aromatic carbocycles. The van der Waals surface area contributed by atoms with Crippen molar-refractivity contribution in [2.75, 3.05) is 0 Å². The molecule has 1 aliphatic carbocycles. The van der Waals surface area contributed by atoms with Crippen molar-refractivity contribution in [2.24, 2.45) is 0 Å². The number of benzene rings is 7. The van der Waals surface area contributed by atoms with E-state index < -0.39 is 6.85 Å². The third kappa shape index (κ3) is 8.39. The monoisotopic (exact) mass is 1090 g/mol. The summed E-state index contributed by atoms with van der Waals surface area (Å²) in [5.74, 6) is 0.870. The summed E-state index contributed by atoms with van der Waals surface area (Å²) in [5, 5.41) is 12.7. The molecule has 350 valence electrons. The minimum atomic E-state index is -2.19. The number of aromatic hydroxyl groups is 1. The fourth-order valence-electron chi connectivity index (χ4n) is 10.1. The average Bonchev–Trinajstić information content (AvgIpc) is 3.82. The molecule has 0 amide bonds. The van der Waals surface area contributed by atoms with Gasteiger partial charge in [-0.2, -0.15) is 0 Å². The molecule has 0 saturated carbocycles. The van der Waals surface area contributed by atoms with Crippen molar-refractivity contribution in [2.45, 2.75) is 105 Å². The molecule has 0 bridgehead atoms. The van der Waals surface area contributed by atoms with E-state index in [4.69, 9.17) is 14.1 Å². The Morgan fingerprint density at radius 1 is 0.594 bits per heavy atom. The summed E-state index contributed by atoms with van der Waals surface area (Å²) in [6.45, 7) is 22.3. The second-order valence-corrected chi connectivity index (χ2v) is 22.2. The maximum atomic E-state index is 12.7. The second-order valence-electron chi connectivity index (χ2n) is 22.2. The van der Waals surface area contributed by atoms with Crippen LogP contribution in [0.1, 0.15) is 114 Å². The Balaban J connectivity index is 0.00000640. The minimum absolute atomic E-state index is 0. The molecule has 0 unspecified atom stereocenters. The summed E-state index contributed by atoms with van der Waals surface area (Å²) in [5.41, 5.74) is 17.8. The van der Waals surface area contributed by atoms with Crippen molar-refractivity contribution >= 4 is 11.0 Å². The number of phenolic OH excluding ortho intramolecular Hbond substituents is 1. The van der Waals surface area contributed by atoms with Gasteiger partial charge in [0.15, 0.2) is 0 Å². The molecule has 0 saturated heterocycles. The van der Waals surface area contributed by atoms with Gasteiger partial charge in [0.05, 0.1) is 22.3 Å². The topological polar surface area (TPSA) is 50.9 Å². The minimum Gasteiger partial charge on any atom is -0.507 e. The summed E-state index contributed by atoms with van der Waals surface area (Å²) in [6.07, 6.45) is 1.82. The molecule has 0 fully saturated rings. The van der Waals surface area contributed by atoms with E-state index in [0.29, 0.717) is 17.0 Å². The van der Waals surface area contributed by atoms with Gasteiger partial charge in [-0.25, -0.2) is 4.98 Å². The van der Waals surface area contributed by atoms with Crippen LogP contribution in [0.3, 0.4) is 0 Å². The van der Waals surface area contributed by atoms with Crippen LogP contribution in [0.25, 0.3) is 83.9 Å². The molecule has 0 aliphatic heterocycles. The van der Waals surface area contributed by atoms with E-state index in [1.165, 1.54) is 16.7 Å². The molecular formula is C64H62N3OPt-. The molecule has 0 spiro atoms. The van der Waals surface area contributed by atoms with Gasteiger partial charge in [0.1, 0.15) is 11.6 Å². The second kappa shape index (κ2) is 17.3. The number of hydrogen-bond donors (Lipinski definition) is 1. The SMILES string of the molecule is [2H]C([2H])([2H])c1ccc(-c2ccnc(-c3[c-]c(-c4cccc5c4nc(-c4cc(C(C)(C)C)cc(C(C)(C)C)c4O)n5-c4ccc(C(C)(C)C)cc4-c4ccccc4)c4c(c3)C(C)(C)c3ccccc3-4)c2)cc1.[Pt]. The Bertz CT molecular complexity index is 3550. The van der Waals surface area contributed by atoms with Crippen LogP contribution in [0.15, 0.2) is 152 Å². The van der Waals surface area contributed by atoms with Crippen LogP contribution in [-0.2, 0) is 42.7 Å². The van der Waals surface area contributed by atoms with Crippen molar-refractivity contribution in [1.82, 2.24) is 14.5 Å². The number of phenols is 1. The normalized spacial score (nSPS) is 14.1. The molecule has 2 aromatic heterocycles. The van der Waals surface area contributed by atoms with E-state index in [2.05, 4.69) is 202 Å². The summed E-state index contributed by atoms with van der Waals surface area (Å²) in [6, 6.07) is 54.1. The Hall–Kier alpha value is -6.35. The van der Waals surface area contributed by atoms with E-state index in [1.54, 1.807) is 12.1 Å². The van der Waals surface area contributed by atoms with Gasteiger partial charge < -0.3 is 5.11 Å². The Morgan fingerprint density at radius 3 is 1.97 bits per heavy atom. The third-order valence-electron chi connectivity index (χ3n) is 14.0. The zero-order valence-corrected chi connectivity index (χ0v) is 43.8. The molecule has 9 aromatic rings. The number of aryl methyl sites for hydroxylation is 1. The van der Waals surface area contributed by atoms with Crippen LogP contribution in [0.5, 0.6) is 5.75 Å². The number of hydrogen-bond acceptors (Lipinski definition) is 3. The largest absolute Gasteiger partial charge is 0.507 e. The molecule has 4 nitrogen and oxygen atoms in total. The molecule has 10 rings (SSSR count). The first kappa shape index (κ1) is 43.9. The van der Waals surface area contributed by atoms with Crippen molar-refractivity contribution in [3.63, 3.8) is 0 Å². The molecule has 0 radical (unpaired) electrons. The first-order valence-corrected chi connectivity index (χ1v) is 23.8. The predicted octanol–water partition coefficient (Wildman–Crippen LogP) is 16.8. The third-order valence-corrected chi connectivity index (χ3v) is 14.0. The number of nitrogens with zero attached hydrogens (tertiary/aromatic N) is 3. The van der Waals surface area contributed by atoms with E-state index in [9.17, 15) is 5.11 Å². The van der Waals surface area contributed by atoms with Crippen molar-refractivity contribution in [3.05, 3.63) is 191 Å². The predicted molar refractivity (Wildman–Crippen MR) is 285 cm³/mol. The van der Waals surface area contributed by atoms with Crippen LogP contribution >= 0.6 is 0 Å². The Labute approximate surface area is 428 Å². The number of imidazole rings is 1. The number of pyridine rings is 1. The summed E-state index contributed by atoms with van der Waals surface area (Å²) in [4.78, 5) is 10.7. The summed E-state index contributed by atoms with van der Waals surface area (Å²) >= 11 is 0. The van der Waals surface area contributed by atoms with Gasteiger partial charge in [-0.05, 0) is 92.4 Å². The van der Waals surface area contributed by atoms with Crippen molar-refractivity contribution < 1.29 is 30.3 Å². The molecule has 1 N–H and O–H groups in total. The zero-order valence-electron chi connectivity index (χ0n) is 44.5. The van der Waals surface area contributed by atoms with E-state index >= 15 is 0 Å². The fraction of sp³-hybridized carbons (Fsp3) is 0.250. The molecular weight excluding hydrogens is 1020 g/mol. The number of para-hydroxylation sites is 1. The zero-order chi connectivity index (χ0) is 50.6. The van der Waals surface area contributed by atoms with Crippen LogP contribution in [-0.4, -0.2) is 19.6 Å². The Morgan fingerprint density at radius 2 is 1.28 bits per heavy atom. The molecule has 2 heterocycles. The molecule has 69 heavy (non-hydrogen) atoms. The fourth-order valence-corrected chi connectivity index (χ4v) is 10.1. The van der Waals surface area contributed by atoms with Gasteiger partial charge in [-0.1, -0.05) is 213 Å². The maximum absolute atomic E-state index is 12.7. The van der Waals surface area contributed by atoms with Gasteiger partial charge in [0.2, 0.25) is 0 Å².